The Bertz CT molecular complexity index is 906. The summed E-state index contributed by atoms with van der Waals surface area (Å²) in [6.45, 7) is 4.68. The Morgan fingerprint density at radius 1 is 1.12 bits per heavy atom. The maximum atomic E-state index is 12.2. The highest BCUT2D eigenvalue weighted by molar-refractivity contribution is 6.42. The topological polar surface area (TPSA) is 32.3 Å². The zero-order valence-corrected chi connectivity index (χ0v) is 15.5. The average molecular weight is 373 g/mol. The molecule has 0 spiro atoms. The maximum Gasteiger partial charge on any atom is 0.241 e. The summed E-state index contributed by atoms with van der Waals surface area (Å²) in [5, 5.41) is 4.25. The number of anilines is 1. The molecule has 2 heterocycles. The smallest absolute Gasteiger partial charge is 0.241 e. The van der Waals surface area contributed by atoms with Crippen molar-refractivity contribution >= 4 is 40.9 Å². The van der Waals surface area contributed by atoms with Crippen molar-refractivity contribution < 1.29 is 4.79 Å². The minimum Gasteiger partial charge on any atom is -0.335 e. The van der Waals surface area contributed by atoms with Gasteiger partial charge in [-0.1, -0.05) is 67.4 Å². The normalized spacial score (nSPS) is 23.7. The number of para-hydroxylation sites is 1. The highest BCUT2D eigenvalue weighted by Gasteiger charge is 2.59. The van der Waals surface area contributed by atoms with Crippen LogP contribution in [0.15, 0.2) is 48.5 Å². The van der Waals surface area contributed by atoms with Gasteiger partial charge >= 0.3 is 0 Å². The van der Waals surface area contributed by atoms with E-state index in [0.717, 1.165) is 11.3 Å². The number of amides is 1. The van der Waals surface area contributed by atoms with Crippen LogP contribution in [0.5, 0.6) is 0 Å². The quantitative estimate of drug-likeness (QED) is 0.833. The van der Waals surface area contributed by atoms with Crippen LogP contribution in [-0.2, 0) is 10.2 Å². The number of halogens is 2. The molecule has 1 unspecified atom stereocenters. The molecule has 1 atom stereocenters. The third-order valence-electron chi connectivity index (χ3n) is 5.34. The van der Waals surface area contributed by atoms with Gasteiger partial charge in [-0.2, -0.15) is 0 Å². The van der Waals surface area contributed by atoms with E-state index >= 15 is 0 Å². The van der Waals surface area contributed by atoms with Gasteiger partial charge in [0.15, 0.2) is 0 Å². The van der Waals surface area contributed by atoms with E-state index in [-0.39, 0.29) is 11.3 Å². The zero-order valence-electron chi connectivity index (χ0n) is 14.0. The summed E-state index contributed by atoms with van der Waals surface area (Å²) in [6, 6.07) is 13.8. The zero-order chi connectivity index (χ0) is 17.8. The number of nitrogens with zero attached hydrogens (tertiary/aromatic N) is 1. The molecule has 4 rings (SSSR count). The van der Waals surface area contributed by atoms with E-state index in [1.807, 2.05) is 30.3 Å². The number of benzene rings is 2. The van der Waals surface area contributed by atoms with Crippen molar-refractivity contribution in [3.05, 3.63) is 69.7 Å². The van der Waals surface area contributed by atoms with Gasteiger partial charge in [0.25, 0.3) is 0 Å². The van der Waals surface area contributed by atoms with Crippen LogP contribution < -0.4 is 10.2 Å². The van der Waals surface area contributed by atoms with E-state index in [1.165, 1.54) is 5.56 Å². The Kier molecular flexibility index (Phi) is 3.64. The first kappa shape index (κ1) is 16.5. The number of nitrogens with one attached hydrogen (secondary N) is 1. The van der Waals surface area contributed by atoms with E-state index in [4.69, 9.17) is 23.2 Å². The molecule has 1 N–H and O–H groups in total. The predicted molar refractivity (Wildman–Crippen MR) is 103 cm³/mol. The number of hydrogen-bond donors (Lipinski definition) is 1. The second-order valence-corrected chi connectivity index (χ2v) is 7.86. The minimum absolute atomic E-state index is 0.0290. The number of carbonyl (C=O) groups is 1. The Labute approximate surface area is 157 Å². The summed E-state index contributed by atoms with van der Waals surface area (Å²) >= 11 is 12.1. The molecule has 3 nitrogen and oxygen atoms in total. The van der Waals surface area contributed by atoms with E-state index in [2.05, 4.69) is 42.3 Å². The summed E-state index contributed by atoms with van der Waals surface area (Å²) in [5.41, 5.74) is 2.40. The molecule has 25 heavy (non-hydrogen) atoms. The SMILES string of the molecule is CC1(C)c2ccccc2N2CC(=O)NC21/C=C/c1ccc(Cl)c(Cl)c1. The van der Waals surface area contributed by atoms with Crippen LogP contribution in [-0.4, -0.2) is 18.1 Å². The number of hydrogen-bond acceptors (Lipinski definition) is 2. The Morgan fingerprint density at radius 2 is 1.88 bits per heavy atom. The van der Waals surface area contributed by atoms with Crippen molar-refractivity contribution in [3.63, 3.8) is 0 Å². The number of fused-ring (bicyclic) bond motifs is 3. The van der Waals surface area contributed by atoms with E-state index in [0.29, 0.717) is 16.6 Å². The maximum absolute atomic E-state index is 12.2. The summed E-state index contributed by atoms with van der Waals surface area (Å²) < 4.78 is 0. The Balaban J connectivity index is 1.82. The molecular formula is C20H18Cl2N2O. The molecule has 1 fully saturated rings. The first-order valence-corrected chi connectivity index (χ1v) is 8.93. The van der Waals surface area contributed by atoms with Crippen LogP contribution in [0.3, 0.4) is 0 Å². The molecule has 2 aliphatic rings. The van der Waals surface area contributed by atoms with Crippen molar-refractivity contribution in [1.29, 1.82) is 0 Å². The lowest BCUT2D eigenvalue weighted by Gasteiger charge is -2.40. The number of carbonyl (C=O) groups excluding carboxylic acids is 1. The molecule has 2 aromatic rings. The van der Waals surface area contributed by atoms with Crippen molar-refractivity contribution in [1.82, 2.24) is 5.32 Å². The van der Waals surface area contributed by atoms with Crippen molar-refractivity contribution in [2.75, 3.05) is 11.4 Å². The van der Waals surface area contributed by atoms with Gasteiger partial charge in [0.05, 0.1) is 16.6 Å². The van der Waals surface area contributed by atoms with E-state index in [1.54, 1.807) is 6.07 Å². The van der Waals surface area contributed by atoms with Crippen LogP contribution in [0.1, 0.15) is 25.0 Å². The van der Waals surface area contributed by atoms with Crippen LogP contribution in [0.25, 0.3) is 6.08 Å². The van der Waals surface area contributed by atoms with Gasteiger partial charge in [0, 0.05) is 11.1 Å². The van der Waals surface area contributed by atoms with Crippen LogP contribution in [0.4, 0.5) is 5.69 Å². The molecule has 0 radical (unpaired) electrons. The van der Waals surface area contributed by atoms with Gasteiger partial charge in [-0.05, 0) is 35.4 Å². The third kappa shape index (κ3) is 2.30. The van der Waals surface area contributed by atoms with Crippen molar-refractivity contribution in [2.45, 2.75) is 24.9 Å². The van der Waals surface area contributed by atoms with Gasteiger partial charge < -0.3 is 10.2 Å². The highest BCUT2D eigenvalue weighted by Crippen LogP contribution is 2.52. The Morgan fingerprint density at radius 3 is 2.64 bits per heavy atom. The summed E-state index contributed by atoms with van der Waals surface area (Å²) in [7, 11) is 0. The van der Waals surface area contributed by atoms with Crippen LogP contribution in [0.2, 0.25) is 10.0 Å². The molecule has 2 aliphatic heterocycles. The molecule has 128 valence electrons. The monoisotopic (exact) mass is 372 g/mol. The van der Waals surface area contributed by atoms with Gasteiger partial charge in [-0.3, -0.25) is 4.79 Å². The van der Waals surface area contributed by atoms with Gasteiger partial charge in [-0.25, -0.2) is 0 Å². The first-order chi connectivity index (χ1) is 11.8. The van der Waals surface area contributed by atoms with Gasteiger partial charge in [-0.15, -0.1) is 0 Å². The molecule has 0 saturated carbocycles. The largest absolute Gasteiger partial charge is 0.335 e. The standard InChI is InChI=1S/C20H18Cl2N2O/c1-19(2)14-5-3-4-6-17(14)24-12-18(25)23-20(19,24)10-9-13-7-8-15(21)16(22)11-13/h3-11H,12H2,1-2H3,(H,23,25)/b10-9+. The molecule has 0 aliphatic carbocycles. The lowest BCUT2D eigenvalue weighted by Crippen LogP contribution is -2.58. The summed E-state index contributed by atoms with van der Waals surface area (Å²) in [6.07, 6.45) is 4.06. The molecule has 0 bridgehead atoms. The molecule has 2 aromatic carbocycles. The fourth-order valence-electron chi connectivity index (χ4n) is 3.97. The van der Waals surface area contributed by atoms with Gasteiger partial charge in [0.2, 0.25) is 5.91 Å². The average Bonchev–Trinajstić information content (AvgIpc) is 3.01. The fourth-order valence-corrected chi connectivity index (χ4v) is 4.28. The number of rotatable bonds is 2. The molecule has 5 heteroatoms. The fraction of sp³-hybridized carbons (Fsp3) is 0.250. The van der Waals surface area contributed by atoms with Crippen LogP contribution >= 0.6 is 23.2 Å². The highest BCUT2D eigenvalue weighted by atomic mass is 35.5. The minimum atomic E-state index is -0.597. The second-order valence-electron chi connectivity index (χ2n) is 7.05. The lowest BCUT2D eigenvalue weighted by molar-refractivity contribution is -0.118. The second kappa shape index (κ2) is 5.52. The Hall–Kier alpha value is -1.97. The van der Waals surface area contributed by atoms with E-state index in [9.17, 15) is 4.79 Å². The van der Waals surface area contributed by atoms with Crippen molar-refractivity contribution in [2.24, 2.45) is 0 Å². The molecule has 0 aromatic heterocycles. The summed E-state index contributed by atoms with van der Waals surface area (Å²) in [4.78, 5) is 14.4. The molecule has 1 amide bonds. The first-order valence-electron chi connectivity index (χ1n) is 8.18. The van der Waals surface area contributed by atoms with Crippen molar-refractivity contribution in [3.8, 4) is 0 Å². The summed E-state index contributed by atoms with van der Waals surface area (Å²) in [5.74, 6) is 0.0290. The van der Waals surface area contributed by atoms with Crippen LogP contribution in [0, 0.1) is 0 Å². The lowest BCUT2D eigenvalue weighted by atomic mass is 9.75. The van der Waals surface area contributed by atoms with Gasteiger partial charge in [0.1, 0.15) is 5.66 Å². The molecule has 1 saturated heterocycles. The predicted octanol–water partition coefficient (Wildman–Crippen LogP) is 4.63. The van der Waals surface area contributed by atoms with E-state index < -0.39 is 5.66 Å². The third-order valence-corrected chi connectivity index (χ3v) is 6.08. The molecular weight excluding hydrogens is 355 g/mol.